The van der Waals surface area contributed by atoms with Crippen LogP contribution in [0.3, 0.4) is 0 Å². The molecule has 34 heavy (non-hydrogen) atoms. The molecule has 0 amide bonds. The zero-order chi connectivity index (χ0) is 23.8. The minimum atomic E-state index is 0.569. The lowest BCUT2D eigenvalue weighted by atomic mass is 10.1. The van der Waals surface area contributed by atoms with Gasteiger partial charge < -0.3 is 20.1 Å². The first-order chi connectivity index (χ1) is 16.7. The molecule has 0 aliphatic carbocycles. The third kappa shape index (κ3) is 5.74. The van der Waals surface area contributed by atoms with E-state index < -0.39 is 0 Å². The van der Waals surface area contributed by atoms with Crippen LogP contribution in [0.4, 0.5) is 0 Å². The molecule has 2 N–H and O–H groups in total. The summed E-state index contributed by atoms with van der Waals surface area (Å²) in [6.07, 6.45) is 2.86. The van der Waals surface area contributed by atoms with Gasteiger partial charge in [-0.3, -0.25) is 0 Å². The third-order valence-corrected chi connectivity index (χ3v) is 5.73. The minimum Gasteiger partial charge on any atom is -0.493 e. The number of aromatic nitrogens is 2. The zero-order valence-electron chi connectivity index (χ0n) is 19.3. The lowest BCUT2D eigenvalue weighted by Gasteiger charge is -2.12. The van der Waals surface area contributed by atoms with Crippen LogP contribution < -0.4 is 20.1 Å². The number of nitrogens with zero attached hydrogens (tertiary/aromatic N) is 2. The largest absolute Gasteiger partial charge is 0.493 e. The lowest BCUT2D eigenvalue weighted by molar-refractivity contribution is 0.354. The number of hydrogen-bond donors (Lipinski definition) is 2. The quantitative estimate of drug-likeness (QED) is 0.343. The van der Waals surface area contributed by atoms with Crippen LogP contribution in [-0.4, -0.2) is 35.7 Å². The molecule has 0 bridgehead atoms. The van der Waals surface area contributed by atoms with Crippen molar-refractivity contribution in [2.45, 2.75) is 13.0 Å². The number of nitrogens with one attached hydrogen (secondary N) is 2. The van der Waals surface area contributed by atoms with Gasteiger partial charge in [-0.1, -0.05) is 54.6 Å². The average Bonchev–Trinajstić information content (AvgIpc) is 3.33. The molecule has 4 rings (SSSR count). The van der Waals surface area contributed by atoms with Gasteiger partial charge in [-0.2, -0.15) is 5.10 Å². The highest BCUT2D eigenvalue weighted by molar-refractivity contribution is 7.80. The summed E-state index contributed by atoms with van der Waals surface area (Å²) in [5.41, 5.74) is 5.23. The summed E-state index contributed by atoms with van der Waals surface area (Å²) in [5, 5.41) is 12.1. The maximum Gasteiger partial charge on any atom is 0.166 e. The van der Waals surface area contributed by atoms with Gasteiger partial charge in [0.05, 0.1) is 25.6 Å². The van der Waals surface area contributed by atoms with Gasteiger partial charge in [0, 0.05) is 30.4 Å². The second-order valence-electron chi connectivity index (χ2n) is 7.70. The highest BCUT2D eigenvalue weighted by atomic mass is 32.1. The van der Waals surface area contributed by atoms with E-state index in [4.69, 9.17) is 26.8 Å². The summed E-state index contributed by atoms with van der Waals surface area (Å²) in [6, 6.07) is 26.2. The van der Waals surface area contributed by atoms with Crippen LogP contribution in [0.15, 0.2) is 85.1 Å². The molecular formula is C27H28N4O2S. The van der Waals surface area contributed by atoms with Crippen LogP contribution in [0.25, 0.3) is 16.9 Å². The fourth-order valence-electron chi connectivity index (χ4n) is 3.69. The Morgan fingerprint density at radius 2 is 1.59 bits per heavy atom. The third-order valence-electron chi connectivity index (χ3n) is 5.44. The maximum absolute atomic E-state index is 5.52. The number of thiocarbonyl (C=S) groups is 1. The molecule has 0 saturated carbocycles. The summed E-state index contributed by atoms with van der Waals surface area (Å²) >= 11 is 5.52. The molecule has 3 aromatic carbocycles. The number of rotatable bonds is 9. The molecule has 0 spiro atoms. The monoisotopic (exact) mass is 472 g/mol. The van der Waals surface area contributed by atoms with E-state index in [1.165, 1.54) is 0 Å². The molecule has 7 heteroatoms. The van der Waals surface area contributed by atoms with Crippen molar-refractivity contribution in [3.05, 3.63) is 96.2 Å². The topological polar surface area (TPSA) is 60.3 Å². The Morgan fingerprint density at radius 1 is 0.882 bits per heavy atom. The van der Waals surface area contributed by atoms with Crippen LogP contribution in [0.5, 0.6) is 11.5 Å². The highest BCUT2D eigenvalue weighted by Crippen LogP contribution is 2.27. The summed E-state index contributed by atoms with van der Waals surface area (Å²) < 4.78 is 12.6. The Bertz CT molecular complexity index is 1230. The number of benzene rings is 3. The van der Waals surface area contributed by atoms with E-state index in [0.29, 0.717) is 18.2 Å². The van der Waals surface area contributed by atoms with Crippen molar-refractivity contribution in [2.24, 2.45) is 0 Å². The van der Waals surface area contributed by atoms with Crippen LogP contribution >= 0.6 is 12.2 Å². The lowest BCUT2D eigenvalue weighted by Crippen LogP contribution is -2.35. The van der Waals surface area contributed by atoms with Crippen molar-refractivity contribution >= 4 is 17.3 Å². The summed E-state index contributed by atoms with van der Waals surface area (Å²) in [4.78, 5) is 0. The van der Waals surface area contributed by atoms with Gasteiger partial charge in [-0.25, -0.2) is 4.68 Å². The van der Waals surface area contributed by atoms with Crippen molar-refractivity contribution in [2.75, 3.05) is 20.8 Å². The van der Waals surface area contributed by atoms with Gasteiger partial charge in [-0.15, -0.1) is 0 Å². The Balaban J connectivity index is 1.39. The molecular weight excluding hydrogens is 444 g/mol. The van der Waals surface area contributed by atoms with Gasteiger partial charge in [0.2, 0.25) is 0 Å². The molecule has 1 heterocycles. The fraction of sp³-hybridized carbons (Fsp3) is 0.185. The van der Waals surface area contributed by atoms with E-state index in [1.807, 2.05) is 71.4 Å². The van der Waals surface area contributed by atoms with Gasteiger partial charge in [0.25, 0.3) is 0 Å². The van der Waals surface area contributed by atoms with E-state index in [0.717, 1.165) is 46.0 Å². The molecule has 0 fully saturated rings. The number of para-hydroxylation sites is 1. The first-order valence-corrected chi connectivity index (χ1v) is 11.5. The Kier molecular flexibility index (Phi) is 7.78. The molecule has 0 atom stereocenters. The highest BCUT2D eigenvalue weighted by Gasteiger charge is 2.12. The van der Waals surface area contributed by atoms with E-state index in [2.05, 4.69) is 29.0 Å². The first kappa shape index (κ1) is 23.3. The first-order valence-electron chi connectivity index (χ1n) is 11.1. The molecule has 0 aliphatic heterocycles. The normalized spacial score (nSPS) is 10.5. The van der Waals surface area contributed by atoms with Gasteiger partial charge in [0.15, 0.2) is 16.6 Å². The zero-order valence-corrected chi connectivity index (χ0v) is 20.1. The number of methoxy groups -OCH3 is 2. The Morgan fingerprint density at radius 3 is 2.29 bits per heavy atom. The average molecular weight is 473 g/mol. The summed E-state index contributed by atoms with van der Waals surface area (Å²) in [5.74, 6) is 1.45. The predicted octanol–water partition coefficient (Wildman–Crippen LogP) is 4.76. The second-order valence-corrected chi connectivity index (χ2v) is 8.11. The van der Waals surface area contributed by atoms with Gasteiger partial charge >= 0.3 is 0 Å². The minimum absolute atomic E-state index is 0.569. The summed E-state index contributed by atoms with van der Waals surface area (Å²) in [7, 11) is 3.28. The van der Waals surface area contributed by atoms with E-state index in [1.54, 1.807) is 14.2 Å². The van der Waals surface area contributed by atoms with Crippen molar-refractivity contribution in [1.82, 2.24) is 20.4 Å². The smallest absolute Gasteiger partial charge is 0.166 e. The van der Waals surface area contributed by atoms with Crippen molar-refractivity contribution in [3.8, 4) is 28.4 Å². The molecule has 174 valence electrons. The van der Waals surface area contributed by atoms with Gasteiger partial charge in [-0.05, 0) is 48.5 Å². The molecule has 0 aliphatic rings. The molecule has 0 unspecified atom stereocenters. The van der Waals surface area contributed by atoms with E-state index in [-0.39, 0.29) is 0 Å². The standard InChI is InChI=1S/C27H28N4O2S/c1-32-24-14-13-20(17-25(24)33-2)15-16-28-27(34)29-18-22-19-31(23-11-7-4-8-12-23)30-26(22)21-9-5-3-6-10-21/h3-14,17,19H,15-16,18H2,1-2H3,(H2,28,29,34). The number of ether oxygens (including phenoxy) is 2. The number of hydrogen-bond acceptors (Lipinski definition) is 4. The SMILES string of the molecule is COc1ccc(CCNC(=S)NCc2cn(-c3ccccc3)nc2-c2ccccc2)cc1OC. The summed E-state index contributed by atoms with van der Waals surface area (Å²) in [6.45, 7) is 1.27. The predicted molar refractivity (Wildman–Crippen MR) is 140 cm³/mol. The van der Waals surface area contributed by atoms with Gasteiger partial charge in [0.1, 0.15) is 0 Å². The Hall–Kier alpha value is -3.84. The second kappa shape index (κ2) is 11.3. The van der Waals surface area contributed by atoms with Crippen LogP contribution in [0, 0.1) is 0 Å². The van der Waals surface area contributed by atoms with Crippen LogP contribution in [-0.2, 0) is 13.0 Å². The van der Waals surface area contributed by atoms with E-state index in [9.17, 15) is 0 Å². The van der Waals surface area contributed by atoms with Crippen LogP contribution in [0.2, 0.25) is 0 Å². The molecule has 6 nitrogen and oxygen atoms in total. The van der Waals surface area contributed by atoms with Crippen molar-refractivity contribution < 1.29 is 9.47 Å². The molecule has 0 saturated heterocycles. The van der Waals surface area contributed by atoms with E-state index >= 15 is 0 Å². The molecule has 0 radical (unpaired) electrons. The Labute approximate surface area is 205 Å². The molecule has 1 aromatic heterocycles. The molecule has 4 aromatic rings. The van der Waals surface area contributed by atoms with Crippen LogP contribution in [0.1, 0.15) is 11.1 Å². The van der Waals surface area contributed by atoms with Crippen molar-refractivity contribution in [3.63, 3.8) is 0 Å². The maximum atomic E-state index is 5.52. The fourth-order valence-corrected chi connectivity index (χ4v) is 3.86. The van der Waals surface area contributed by atoms with Crippen molar-refractivity contribution in [1.29, 1.82) is 0 Å².